The van der Waals surface area contributed by atoms with Crippen molar-refractivity contribution in [1.82, 2.24) is 10.6 Å². The van der Waals surface area contributed by atoms with E-state index in [0.717, 1.165) is 24.0 Å². The van der Waals surface area contributed by atoms with Gasteiger partial charge in [-0.3, -0.25) is 9.59 Å². The van der Waals surface area contributed by atoms with Crippen LogP contribution in [0.2, 0.25) is 0 Å². The maximum absolute atomic E-state index is 12.1. The number of carbonyl (C=O) groups excluding carboxylic acids is 2. The Hall–Kier alpha value is -1.84. The molecule has 2 amide bonds. The molecule has 1 heterocycles. The van der Waals surface area contributed by atoms with Gasteiger partial charge < -0.3 is 10.6 Å². The Labute approximate surface area is 118 Å². The molecule has 1 aliphatic carbocycles. The minimum absolute atomic E-state index is 0.0148. The number of benzene rings is 1. The molecule has 3 rings (SSSR count). The molecule has 4 nitrogen and oxygen atoms in total. The van der Waals surface area contributed by atoms with Crippen molar-refractivity contribution < 1.29 is 9.59 Å². The zero-order valence-electron chi connectivity index (χ0n) is 11.5. The largest absolute Gasteiger partial charge is 0.355 e. The molecule has 1 fully saturated rings. The first-order valence-electron chi connectivity index (χ1n) is 7.40. The predicted octanol–water partition coefficient (Wildman–Crippen LogP) is 1.82. The van der Waals surface area contributed by atoms with Gasteiger partial charge in [0.25, 0.3) is 5.91 Å². The molecule has 0 saturated heterocycles. The molecule has 1 atom stereocenters. The number of hydrogen-bond donors (Lipinski definition) is 2. The molecule has 1 aromatic rings. The second-order valence-corrected chi connectivity index (χ2v) is 5.72. The summed E-state index contributed by atoms with van der Waals surface area (Å²) in [7, 11) is 0. The van der Waals surface area contributed by atoms with Gasteiger partial charge in [0.15, 0.2) is 0 Å². The molecule has 1 saturated carbocycles. The van der Waals surface area contributed by atoms with E-state index in [1.54, 1.807) is 0 Å². The average molecular weight is 272 g/mol. The third-order valence-corrected chi connectivity index (χ3v) is 4.40. The lowest BCUT2D eigenvalue weighted by atomic mass is 9.90. The Balaban J connectivity index is 1.65. The van der Waals surface area contributed by atoms with Crippen LogP contribution in [0.25, 0.3) is 0 Å². The number of carbonyl (C=O) groups is 2. The smallest absolute Gasteiger partial charge is 0.251 e. The summed E-state index contributed by atoms with van der Waals surface area (Å²) in [6.07, 6.45) is 4.37. The highest BCUT2D eigenvalue weighted by Gasteiger charge is 2.27. The van der Waals surface area contributed by atoms with Crippen molar-refractivity contribution in [3.63, 3.8) is 0 Å². The van der Waals surface area contributed by atoms with E-state index in [-0.39, 0.29) is 23.7 Å². The second-order valence-electron chi connectivity index (χ2n) is 5.72. The van der Waals surface area contributed by atoms with Gasteiger partial charge >= 0.3 is 0 Å². The van der Waals surface area contributed by atoms with Gasteiger partial charge in [-0.15, -0.1) is 0 Å². The fourth-order valence-corrected chi connectivity index (χ4v) is 3.22. The lowest BCUT2D eigenvalue weighted by molar-refractivity contribution is -0.124. The van der Waals surface area contributed by atoms with Gasteiger partial charge in [-0.1, -0.05) is 31.0 Å². The van der Waals surface area contributed by atoms with Crippen LogP contribution in [0.5, 0.6) is 0 Å². The van der Waals surface area contributed by atoms with Crippen molar-refractivity contribution in [3.8, 4) is 0 Å². The van der Waals surface area contributed by atoms with Crippen molar-refractivity contribution in [2.45, 2.75) is 31.6 Å². The monoisotopic (exact) mass is 272 g/mol. The Morgan fingerprint density at radius 3 is 2.80 bits per heavy atom. The molecular weight excluding hydrogens is 252 g/mol. The van der Waals surface area contributed by atoms with Crippen LogP contribution in [0, 0.1) is 5.92 Å². The lowest BCUT2D eigenvalue weighted by Gasteiger charge is -2.26. The number of amides is 2. The zero-order valence-corrected chi connectivity index (χ0v) is 11.5. The van der Waals surface area contributed by atoms with Crippen LogP contribution in [0.15, 0.2) is 24.3 Å². The van der Waals surface area contributed by atoms with E-state index in [4.69, 9.17) is 0 Å². The molecule has 0 aromatic heterocycles. The number of fused-ring (bicyclic) bond motifs is 1. The van der Waals surface area contributed by atoms with Crippen molar-refractivity contribution in [2.75, 3.05) is 13.1 Å². The normalized spacial score (nSPS) is 22.2. The molecule has 1 unspecified atom stereocenters. The molecule has 1 aromatic carbocycles. The predicted molar refractivity (Wildman–Crippen MR) is 76.5 cm³/mol. The van der Waals surface area contributed by atoms with Crippen molar-refractivity contribution in [1.29, 1.82) is 0 Å². The first-order chi connectivity index (χ1) is 9.75. The minimum Gasteiger partial charge on any atom is -0.355 e. The molecular formula is C16H20N2O2. The van der Waals surface area contributed by atoms with Gasteiger partial charge in [0.2, 0.25) is 5.91 Å². The maximum atomic E-state index is 12.1. The Morgan fingerprint density at radius 2 is 2.00 bits per heavy atom. The summed E-state index contributed by atoms with van der Waals surface area (Å²) in [5.74, 6) is 0.536. The van der Waals surface area contributed by atoms with E-state index in [0.29, 0.717) is 13.1 Å². The second kappa shape index (κ2) is 5.65. The molecule has 4 heteroatoms. The highest BCUT2D eigenvalue weighted by Crippen LogP contribution is 2.26. The summed E-state index contributed by atoms with van der Waals surface area (Å²) < 4.78 is 0. The topological polar surface area (TPSA) is 58.2 Å². The zero-order chi connectivity index (χ0) is 13.9. The van der Waals surface area contributed by atoms with Gasteiger partial charge in [-0.25, -0.2) is 0 Å². The fraction of sp³-hybridized carbons (Fsp3) is 0.500. The van der Waals surface area contributed by atoms with Crippen molar-refractivity contribution in [2.24, 2.45) is 5.92 Å². The van der Waals surface area contributed by atoms with Gasteiger partial charge in [0.1, 0.15) is 0 Å². The summed E-state index contributed by atoms with van der Waals surface area (Å²) >= 11 is 0. The molecule has 0 spiro atoms. The highest BCUT2D eigenvalue weighted by atomic mass is 16.2. The lowest BCUT2D eigenvalue weighted by Crippen LogP contribution is -2.41. The molecule has 2 N–H and O–H groups in total. The van der Waals surface area contributed by atoms with Crippen molar-refractivity contribution >= 4 is 11.8 Å². The number of rotatable bonds is 3. The number of hydrogen-bond acceptors (Lipinski definition) is 2. The molecule has 0 radical (unpaired) electrons. The van der Waals surface area contributed by atoms with E-state index in [1.807, 2.05) is 24.3 Å². The summed E-state index contributed by atoms with van der Waals surface area (Å²) in [5.41, 5.74) is 1.78. The van der Waals surface area contributed by atoms with Crippen LogP contribution in [-0.4, -0.2) is 24.9 Å². The molecule has 106 valence electrons. The first kappa shape index (κ1) is 13.2. The van der Waals surface area contributed by atoms with Gasteiger partial charge in [-0.2, -0.15) is 0 Å². The van der Waals surface area contributed by atoms with E-state index in [2.05, 4.69) is 10.6 Å². The number of nitrogens with one attached hydrogen (secondary N) is 2. The van der Waals surface area contributed by atoms with Gasteiger partial charge in [0.05, 0.1) is 0 Å². The summed E-state index contributed by atoms with van der Waals surface area (Å²) in [6, 6.07) is 7.65. The molecule has 0 bridgehead atoms. The van der Waals surface area contributed by atoms with Crippen molar-refractivity contribution in [3.05, 3.63) is 35.4 Å². The Morgan fingerprint density at radius 1 is 1.25 bits per heavy atom. The SMILES string of the molecule is O=C1NCC(CNC(=O)C2CCCC2)c2ccccc21. The maximum Gasteiger partial charge on any atom is 0.251 e. The average Bonchev–Trinajstić information content (AvgIpc) is 3.01. The standard InChI is InChI=1S/C16H20N2O2/c19-15(11-5-1-2-6-11)17-9-12-10-18-16(20)14-8-4-3-7-13(12)14/h3-4,7-8,11-12H,1-2,5-6,9-10H2,(H,17,19)(H,18,20). The fourth-order valence-electron chi connectivity index (χ4n) is 3.22. The molecule has 20 heavy (non-hydrogen) atoms. The van der Waals surface area contributed by atoms with Crippen LogP contribution in [0.4, 0.5) is 0 Å². The van der Waals surface area contributed by atoms with Gasteiger partial charge in [0, 0.05) is 30.5 Å². The summed E-state index contributed by atoms with van der Waals surface area (Å²) in [4.78, 5) is 23.8. The Kier molecular flexibility index (Phi) is 3.72. The third-order valence-electron chi connectivity index (χ3n) is 4.40. The van der Waals surface area contributed by atoms with E-state index in [9.17, 15) is 9.59 Å². The summed E-state index contributed by atoms with van der Waals surface area (Å²) in [6.45, 7) is 1.20. The van der Waals surface area contributed by atoms with Crippen LogP contribution in [-0.2, 0) is 4.79 Å². The molecule has 2 aliphatic rings. The van der Waals surface area contributed by atoms with Crippen LogP contribution in [0.1, 0.15) is 47.5 Å². The van der Waals surface area contributed by atoms with E-state index >= 15 is 0 Å². The van der Waals surface area contributed by atoms with Gasteiger partial charge in [-0.05, 0) is 24.5 Å². The highest BCUT2D eigenvalue weighted by molar-refractivity contribution is 5.97. The van der Waals surface area contributed by atoms with Crippen LogP contribution >= 0.6 is 0 Å². The van der Waals surface area contributed by atoms with E-state index < -0.39 is 0 Å². The Bertz CT molecular complexity index is 521. The van der Waals surface area contributed by atoms with E-state index in [1.165, 1.54) is 12.8 Å². The molecule has 1 aliphatic heterocycles. The van der Waals surface area contributed by atoms with Crippen LogP contribution in [0.3, 0.4) is 0 Å². The summed E-state index contributed by atoms with van der Waals surface area (Å²) in [5, 5.41) is 5.95. The van der Waals surface area contributed by atoms with Crippen LogP contribution < -0.4 is 10.6 Å². The minimum atomic E-state index is -0.0148. The quantitative estimate of drug-likeness (QED) is 0.882. The first-order valence-corrected chi connectivity index (χ1v) is 7.40. The third kappa shape index (κ3) is 2.55.